The maximum Gasteiger partial charge on any atom is 0.309 e. The molecule has 0 aromatic rings. The largest absolute Gasteiger partial charge is 0.481 e. The molecule has 0 bridgehead atoms. The zero-order valence-corrected chi connectivity index (χ0v) is 10.4. The highest BCUT2D eigenvalue weighted by molar-refractivity contribution is 5.84. The number of rotatable bonds is 7. The minimum atomic E-state index is -1.02. The van der Waals surface area contributed by atoms with E-state index in [1.165, 1.54) is 13.8 Å². The number of nitrogens with one attached hydrogen (secondary N) is 1. The summed E-state index contributed by atoms with van der Waals surface area (Å²) >= 11 is 0. The van der Waals surface area contributed by atoms with E-state index >= 15 is 0 Å². The van der Waals surface area contributed by atoms with Gasteiger partial charge in [0.1, 0.15) is 0 Å². The predicted molar refractivity (Wildman–Crippen MR) is 60.1 cm³/mol. The standard InChI is InChI=1S/C11H21NO4/c1-8(7-16-4)6-12-9(13)5-11(2,3)10(14)15/h8H,5-7H2,1-4H3,(H,12,13)(H,14,15). The monoisotopic (exact) mass is 231 g/mol. The Hall–Kier alpha value is -1.10. The van der Waals surface area contributed by atoms with Gasteiger partial charge in [-0.1, -0.05) is 6.92 Å². The first-order valence-electron chi connectivity index (χ1n) is 5.28. The molecule has 0 saturated carbocycles. The van der Waals surface area contributed by atoms with Crippen LogP contribution >= 0.6 is 0 Å². The van der Waals surface area contributed by atoms with Gasteiger partial charge in [0.25, 0.3) is 0 Å². The summed E-state index contributed by atoms with van der Waals surface area (Å²) in [5, 5.41) is 11.5. The summed E-state index contributed by atoms with van der Waals surface area (Å²) in [5.74, 6) is -0.982. The summed E-state index contributed by atoms with van der Waals surface area (Å²) in [4.78, 5) is 22.3. The van der Waals surface area contributed by atoms with E-state index in [0.717, 1.165) is 0 Å². The molecular formula is C11H21NO4. The number of carboxylic acids is 1. The van der Waals surface area contributed by atoms with Gasteiger partial charge in [-0.05, 0) is 19.8 Å². The number of carbonyl (C=O) groups is 2. The molecule has 0 aliphatic carbocycles. The highest BCUT2D eigenvalue weighted by Crippen LogP contribution is 2.19. The Balaban J connectivity index is 3.96. The van der Waals surface area contributed by atoms with E-state index in [2.05, 4.69) is 5.32 Å². The third-order valence-corrected chi connectivity index (χ3v) is 2.28. The van der Waals surface area contributed by atoms with Gasteiger partial charge in [-0.25, -0.2) is 0 Å². The predicted octanol–water partition coefficient (Wildman–Crippen LogP) is 0.886. The van der Waals surface area contributed by atoms with Crippen LogP contribution in [0.4, 0.5) is 0 Å². The van der Waals surface area contributed by atoms with Crippen LogP contribution in [0.3, 0.4) is 0 Å². The molecule has 1 atom stereocenters. The fourth-order valence-corrected chi connectivity index (χ4v) is 1.17. The number of methoxy groups -OCH3 is 1. The van der Waals surface area contributed by atoms with Gasteiger partial charge in [0.05, 0.1) is 12.0 Å². The molecule has 94 valence electrons. The molecule has 0 aliphatic heterocycles. The van der Waals surface area contributed by atoms with E-state index in [9.17, 15) is 9.59 Å². The van der Waals surface area contributed by atoms with Gasteiger partial charge in [-0.15, -0.1) is 0 Å². The van der Waals surface area contributed by atoms with Crippen molar-refractivity contribution < 1.29 is 19.4 Å². The number of amides is 1. The van der Waals surface area contributed by atoms with Gasteiger partial charge >= 0.3 is 5.97 Å². The molecule has 5 heteroatoms. The maximum absolute atomic E-state index is 11.5. The lowest BCUT2D eigenvalue weighted by Crippen LogP contribution is -2.35. The van der Waals surface area contributed by atoms with E-state index in [4.69, 9.17) is 9.84 Å². The molecule has 5 nitrogen and oxygen atoms in total. The van der Waals surface area contributed by atoms with Crippen LogP contribution in [-0.4, -0.2) is 37.2 Å². The second-order valence-corrected chi connectivity index (χ2v) is 4.73. The Labute approximate surface area is 96.2 Å². The summed E-state index contributed by atoms with van der Waals surface area (Å²) in [7, 11) is 1.60. The topological polar surface area (TPSA) is 75.6 Å². The molecule has 0 spiro atoms. The molecule has 1 unspecified atom stereocenters. The van der Waals surface area contributed by atoms with Gasteiger partial charge in [0, 0.05) is 20.1 Å². The summed E-state index contributed by atoms with van der Waals surface area (Å²) < 4.78 is 4.93. The van der Waals surface area contributed by atoms with Crippen molar-refractivity contribution in [1.82, 2.24) is 5.32 Å². The lowest BCUT2D eigenvalue weighted by Gasteiger charge is -2.19. The van der Waals surface area contributed by atoms with Gasteiger partial charge in [-0.3, -0.25) is 9.59 Å². The Morgan fingerprint density at radius 3 is 2.44 bits per heavy atom. The highest BCUT2D eigenvalue weighted by Gasteiger charge is 2.29. The lowest BCUT2D eigenvalue weighted by molar-refractivity contribution is -0.149. The maximum atomic E-state index is 11.5. The van der Waals surface area contributed by atoms with Gasteiger partial charge < -0.3 is 15.2 Å². The SMILES string of the molecule is COCC(C)CNC(=O)CC(C)(C)C(=O)O. The van der Waals surface area contributed by atoms with Crippen LogP contribution in [0.25, 0.3) is 0 Å². The molecule has 0 radical (unpaired) electrons. The first kappa shape index (κ1) is 14.9. The van der Waals surface area contributed by atoms with Crippen LogP contribution in [0, 0.1) is 11.3 Å². The summed E-state index contributed by atoms with van der Waals surface area (Å²) in [6, 6.07) is 0. The van der Waals surface area contributed by atoms with Crippen molar-refractivity contribution in [1.29, 1.82) is 0 Å². The minimum Gasteiger partial charge on any atom is -0.481 e. The Kier molecular flexibility index (Phi) is 6.03. The van der Waals surface area contributed by atoms with E-state index in [0.29, 0.717) is 13.2 Å². The zero-order chi connectivity index (χ0) is 12.8. The Morgan fingerprint density at radius 2 is 2.00 bits per heavy atom. The molecular weight excluding hydrogens is 210 g/mol. The number of hydrogen-bond donors (Lipinski definition) is 2. The molecule has 16 heavy (non-hydrogen) atoms. The third-order valence-electron chi connectivity index (χ3n) is 2.28. The fourth-order valence-electron chi connectivity index (χ4n) is 1.17. The summed E-state index contributed by atoms with van der Waals surface area (Å²) in [6.07, 6.45) is -0.0119. The van der Waals surface area contributed by atoms with E-state index in [1.807, 2.05) is 6.92 Å². The van der Waals surface area contributed by atoms with Crippen molar-refractivity contribution in [3.8, 4) is 0 Å². The average Bonchev–Trinajstić information content (AvgIpc) is 2.14. The number of ether oxygens (including phenoxy) is 1. The average molecular weight is 231 g/mol. The van der Waals surface area contributed by atoms with Crippen molar-refractivity contribution in [3.63, 3.8) is 0 Å². The van der Waals surface area contributed by atoms with Crippen molar-refractivity contribution >= 4 is 11.9 Å². The van der Waals surface area contributed by atoms with Crippen molar-refractivity contribution in [2.45, 2.75) is 27.2 Å². The molecule has 2 N–H and O–H groups in total. The lowest BCUT2D eigenvalue weighted by atomic mass is 9.89. The van der Waals surface area contributed by atoms with Crippen LogP contribution in [0.1, 0.15) is 27.2 Å². The van der Waals surface area contributed by atoms with Crippen molar-refractivity contribution in [2.24, 2.45) is 11.3 Å². The third kappa shape index (κ3) is 5.70. The van der Waals surface area contributed by atoms with Gasteiger partial charge in [-0.2, -0.15) is 0 Å². The molecule has 0 saturated heterocycles. The normalized spacial score (nSPS) is 13.2. The number of hydrogen-bond acceptors (Lipinski definition) is 3. The smallest absolute Gasteiger partial charge is 0.309 e. The molecule has 0 aliphatic rings. The summed E-state index contributed by atoms with van der Waals surface area (Å²) in [5.41, 5.74) is -1.02. The van der Waals surface area contributed by atoms with Crippen LogP contribution in [-0.2, 0) is 14.3 Å². The Bertz CT molecular complexity index is 250. The molecule has 0 aromatic heterocycles. The van der Waals surface area contributed by atoms with Crippen molar-refractivity contribution in [2.75, 3.05) is 20.3 Å². The van der Waals surface area contributed by atoms with Crippen LogP contribution in [0.5, 0.6) is 0 Å². The molecule has 0 aromatic carbocycles. The molecule has 0 rings (SSSR count). The zero-order valence-electron chi connectivity index (χ0n) is 10.4. The molecule has 0 heterocycles. The highest BCUT2D eigenvalue weighted by atomic mass is 16.5. The van der Waals surface area contributed by atoms with E-state index < -0.39 is 11.4 Å². The minimum absolute atomic E-state index is 0.0119. The number of carboxylic acid groups (broad SMARTS) is 1. The number of aliphatic carboxylic acids is 1. The fraction of sp³-hybridized carbons (Fsp3) is 0.818. The summed E-state index contributed by atoms with van der Waals surface area (Å²) in [6.45, 7) is 6.10. The van der Waals surface area contributed by atoms with E-state index in [1.54, 1.807) is 7.11 Å². The Morgan fingerprint density at radius 1 is 1.44 bits per heavy atom. The molecule has 1 amide bonds. The van der Waals surface area contributed by atoms with Crippen LogP contribution in [0.15, 0.2) is 0 Å². The van der Waals surface area contributed by atoms with Crippen LogP contribution in [0.2, 0.25) is 0 Å². The van der Waals surface area contributed by atoms with E-state index in [-0.39, 0.29) is 18.2 Å². The second-order valence-electron chi connectivity index (χ2n) is 4.73. The van der Waals surface area contributed by atoms with Gasteiger partial charge in [0.2, 0.25) is 5.91 Å². The first-order chi connectivity index (χ1) is 7.29. The first-order valence-corrected chi connectivity index (χ1v) is 5.28. The second kappa shape index (κ2) is 6.48. The number of carbonyl (C=O) groups excluding carboxylic acids is 1. The van der Waals surface area contributed by atoms with Gasteiger partial charge in [0.15, 0.2) is 0 Å². The van der Waals surface area contributed by atoms with Crippen LogP contribution < -0.4 is 5.32 Å². The molecule has 0 fully saturated rings. The van der Waals surface area contributed by atoms with Crippen molar-refractivity contribution in [3.05, 3.63) is 0 Å². The quantitative estimate of drug-likeness (QED) is 0.682.